The molecule has 14 nitrogen and oxygen atoms in total. The summed E-state index contributed by atoms with van der Waals surface area (Å²) in [7, 11) is 2.69. The lowest BCUT2D eigenvalue weighted by molar-refractivity contribution is -0.178. The van der Waals surface area contributed by atoms with Crippen LogP contribution in [0.1, 0.15) is 0 Å². The van der Waals surface area contributed by atoms with Gasteiger partial charge in [0.15, 0.2) is 24.4 Å². The van der Waals surface area contributed by atoms with Crippen LogP contribution in [0, 0.1) is 0 Å². The summed E-state index contributed by atoms with van der Waals surface area (Å²) in [5.74, 6) is -5.39. The van der Waals surface area contributed by atoms with E-state index in [1.54, 1.807) is 0 Å². The number of aliphatic hydroxyl groups is 4. The second-order valence-corrected chi connectivity index (χ2v) is 5.43. The Balaban J connectivity index is 4.24. The van der Waals surface area contributed by atoms with Gasteiger partial charge in [0.2, 0.25) is 0 Å². The summed E-state index contributed by atoms with van der Waals surface area (Å²) in [6, 6.07) is 0. The molecule has 0 aliphatic rings. The number of ether oxygens (including phenoxy) is 6. The van der Waals surface area contributed by atoms with Crippen molar-refractivity contribution >= 4 is 23.9 Å². The zero-order valence-corrected chi connectivity index (χ0v) is 16.4. The first kappa shape index (κ1) is 27.6. The molecular formula is C16H26O14. The van der Waals surface area contributed by atoms with Gasteiger partial charge in [0, 0.05) is 14.2 Å². The zero-order valence-electron chi connectivity index (χ0n) is 16.4. The van der Waals surface area contributed by atoms with Gasteiger partial charge in [-0.05, 0) is 0 Å². The number of rotatable bonds is 15. The average Bonchev–Trinajstić information content (AvgIpc) is 2.74. The van der Waals surface area contributed by atoms with Crippen molar-refractivity contribution in [1.29, 1.82) is 0 Å². The summed E-state index contributed by atoms with van der Waals surface area (Å²) < 4.78 is 27.3. The minimum Gasteiger partial charge on any atom is -0.461 e. The van der Waals surface area contributed by atoms with Crippen molar-refractivity contribution < 1.29 is 68.0 Å². The molecule has 30 heavy (non-hydrogen) atoms. The number of hydrogen-bond acceptors (Lipinski definition) is 14. The van der Waals surface area contributed by atoms with Crippen LogP contribution in [0.2, 0.25) is 0 Å². The highest BCUT2D eigenvalue weighted by atomic mass is 16.6. The maximum atomic E-state index is 11.6. The van der Waals surface area contributed by atoms with Crippen LogP contribution in [0.4, 0.5) is 0 Å². The fourth-order valence-corrected chi connectivity index (χ4v) is 1.59. The fraction of sp³-hybridized carbons (Fsp3) is 0.750. The Labute approximate surface area is 171 Å². The quantitative estimate of drug-likeness (QED) is 0.108. The van der Waals surface area contributed by atoms with Crippen molar-refractivity contribution in [2.24, 2.45) is 0 Å². The van der Waals surface area contributed by atoms with E-state index in [0.717, 1.165) is 0 Å². The number of hydrogen-bond donors (Lipinski definition) is 4. The molecule has 0 spiro atoms. The lowest BCUT2D eigenvalue weighted by atomic mass is 10.2. The Morgan fingerprint density at radius 2 is 0.700 bits per heavy atom. The molecule has 174 valence electrons. The molecule has 4 atom stereocenters. The highest BCUT2D eigenvalue weighted by molar-refractivity contribution is 5.86. The van der Waals surface area contributed by atoms with Gasteiger partial charge in [-0.25, -0.2) is 19.2 Å². The van der Waals surface area contributed by atoms with Crippen LogP contribution in [0.3, 0.4) is 0 Å². The summed E-state index contributed by atoms with van der Waals surface area (Å²) in [5, 5.41) is 38.1. The second-order valence-electron chi connectivity index (χ2n) is 5.43. The maximum Gasteiger partial charge on any atom is 0.338 e. The van der Waals surface area contributed by atoms with Crippen LogP contribution in [0.15, 0.2) is 0 Å². The Morgan fingerprint density at radius 3 is 0.900 bits per heavy atom. The fourth-order valence-electron chi connectivity index (χ4n) is 1.59. The molecule has 0 heterocycles. The third kappa shape index (κ3) is 10.4. The van der Waals surface area contributed by atoms with E-state index < -0.39 is 61.5 Å². The van der Waals surface area contributed by atoms with Gasteiger partial charge in [-0.1, -0.05) is 0 Å². The first-order valence-electron chi connectivity index (χ1n) is 8.54. The molecule has 0 radical (unpaired) electrons. The van der Waals surface area contributed by atoms with Gasteiger partial charge in [0.1, 0.15) is 26.4 Å². The molecule has 0 amide bonds. The van der Waals surface area contributed by atoms with Crippen molar-refractivity contribution in [3.63, 3.8) is 0 Å². The number of esters is 4. The topological polar surface area (TPSA) is 205 Å². The summed E-state index contributed by atoms with van der Waals surface area (Å²) in [6.45, 7) is -1.61. The van der Waals surface area contributed by atoms with Crippen LogP contribution in [0.5, 0.6) is 0 Å². The summed E-state index contributed by atoms with van der Waals surface area (Å²) in [4.78, 5) is 45.9. The van der Waals surface area contributed by atoms with Crippen LogP contribution < -0.4 is 0 Å². The van der Waals surface area contributed by atoms with Gasteiger partial charge >= 0.3 is 23.9 Å². The van der Waals surface area contributed by atoms with E-state index in [1.807, 2.05) is 0 Å². The first-order chi connectivity index (χ1) is 14.2. The summed E-state index contributed by atoms with van der Waals surface area (Å²) in [6.07, 6.45) is -8.94. The summed E-state index contributed by atoms with van der Waals surface area (Å²) >= 11 is 0. The molecule has 0 unspecified atom stereocenters. The van der Waals surface area contributed by atoms with Crippen LogP contribution in [-0.2, 0) is 47.6 Å². The standard InChI is InChI=1S/C16H26O14/c1-25-3-5-27-13(21)9(17)11(19)15(23)29-7-8-30-16(24)12(20)10(18)14(22)28-6-4-26-2/h9-12,17-20H,3-8H2,1-2H3/t9-,10-,11-,12-/m1/s1. The number of methoxy groups -OCH3 is 2. The van der Waals surface area contributed by atoms with Gasteiger partial charge < -0.3 is 48.8 Å². The summed E-state index contributed by atoms with van der Waals surface area (Å²) in [5.41, 5.74) is 0. The molecule has 0 bridgehead atoms. The molecule has 0 aromatic rings. The predicted molar refractivity (Wildman–Crippen MR) is 91.6 cm³/mol. The van der Waals surface area contributed by atoms with Gasteiger partial charge in [-0.2, -0.15) is 0 Å². The van der Waals surface area contributed by atoms with Gasteiger partial charge in [0.25, 0.3) is 0 Å². The number of carbonyl (C=O) groups excluding carboxylic acids is 4. The van der Waals surface area contributed by atoms with E-state index in [1.165, 1.54) is 14.2 Å². The van der Waals surface area contributed by atoms with Crippen LogP contribution in [0.25, 0.3) is 0 Å². The lowest BCUT2D eigenvalue weighted by Gasteiger charge is -2.17. The molecule has 0 fully saturated rings. The highest BCUT2D eigenvalue weighted by Gasteiger charge is 2.34. The Morgan fingerprint density at radius 1 is 0.500 bits per heavy atom. The maximum absolute atomic E-state index is 11.6. The van der Waals surface area contributed by atoms with Crippen molar-refractivity contribution in [1.82, 2.24) is 0 Å². The minimum absolute atomic E-state index is 0.0375. The molecule has 0 rings (SSSR count). The van der Waals surface area contributed by atoms with Gasteiger partial charge in [-0.15, -0.1) is 0 Å². The van der Waals surface area contributed by atoms with Gasteiger partial charge in [-0.3, -0.25) is 0 Å². The van der Waals surface area contributed by atoms with E-state index in [9.17, 15) is 39.6 Å². The van der Waals surface area contributed by atoms with Crippen molar-refractivity contribution in [2.45, 2.75) is 24.4 Å². The molecule has 0 aromatic carbocycles. The molecule has 0 aromatic heterocycles. The third-order valence-corrected chi connectivity index (χ3v) is 3.20. The lowest BCUT2D eigenvalue weighted by Crippen LogP contribution is -2.43. The van der Waals surface area contributed by atoms with Gasteiger partial charge in [0.05, 0.1) is 13.2 Å². The molecule has 14 heteroatoms. The minimum atomic E-state index is -2.26. The number of aliphatic hydroxyl groups excluding tert-OH is 4. The Bertz CT molecular complexity index is 502. The third-order valence-electron chi connectivity index (χ3n) is 3.20. The molecular weight excluding hydrogens is 416 g/mol. The molecule has 4 N–H and O–H groups in total. The second kappa shape index (κ2) is 15.5. The molecule has 0 aliphatic carbocycles. The highest BCUT2D eigenvalue weighted by Crippen LogP contribution is 2.02. The van der Waals surface area contributed by atoms with E-state index in [2.05, 4.69) is 28.4 Å². The van der Waals surface area contributed by atoms with Crippen LogP contribution in [-0.4, -0.2) is 123 Å². The smallest absolute Gasteiger partial charge is 0.338 e. The van der Waals surface area contributed by atoms with Crippen molar-refractivity contribution in [3.8, 4) is 0 Å². The Kier molecular flexibility index (Phi) is 14.3. The van der Waals surface area contributed by atoms with Crippen molar-refractivity contribution in [3.05, 3.63) is 0 Å². The van der Waals surface area contributed by atoms with E-state index in [4.69, 9.17) is 0 Å². The molecule has 0 aliphatic heterocycles. The van der Waals surface area contributed by atoms with E-state index >= 15 is 0 Å². The van der Waals surface area contributed by atoms with Crippen LogP contribution >= 0.6 is 0 Å². The average molecular weight is 442 g/mol. The monoisotopic (exact) mass is 442 g/mol. The molecule has 0 saturated heterocycles. The molecule has 0 saturated carbocycles. The number of carbonyl (C=O) groups is 4. The Hall–Kier alpha value is -2.36. The van der Waals surface area contributed by atoms with Crippen molar-refractivity contribution in [2.75, 3.05) is 53.9 Å². The predicted octanol–water partition coefficient (Wildman–Crippen LogP) is -4.10. The largest absolute Gasteiger partial charge is 0.461 e. The normalized spacial score (nSPS) is 14.7. The first-order valence-corrected chi connectivity index (χ1v) is 8.54. The SMILES string of the molecule is COCCOC(=O)[C@H](O)[C@@H](O)C(=O)OCCOC(=O)[C@H](O)[C@@H](O)C(=O)OCCOC. The van der Waals surface area contributed by atoms with E-state index in [-0.39, 0.29) is 26.4 Å². The zero-order chi connectivity index (χ0) is 23.1. The van der Waals surface area contributed by atoms with E-state index in [0.29, 0.717) is 0 Å².